The molecule has 2 aromatic carbocycles. The molecule has 3 amide bonds. The number of nitrogens with two attached hydrogens (primary N) is 2. The van der Waals surface area contributed by atoms with E-state index in [1.54, 1.807) is 21.9 Å². The maximum Gasteiger partial charge on any atom is 0.410 e. The van der Waals surface area contributed by atoms with Gasteiger partial charge in [-0.15, -0.1) is 5.59 Å². The molecule has 0 bridgehead atoms. The number of likely N-dealkylation sites (tertiary alicyclic amines) is 2. The van der Waals surface area contributed by atoms with Gasteiger partial charge in [0, 0.05) is 57.4 Å². The van der Waals surface area contributed by atoms with Crippen LogP contribution in [0.2, 0.25) is 0 Å². The number of nitrogens with one attached hydrogen (secondary N) is 2. The standard InChI is InChI=1S/C19H27NO5.C18H27N3O4.H4N2O/c1-13-6-7-15(12-16(13)17(21)23-5)24-14-8-10-20(11-9-14)18(22)25-19(2,3)4;1-12-5-6-14(11-15(12)16(22)20-19)24-13-7-9-21(10-8-13)17(23)25-18(2,3)4;1-2-3/h6-7,12,14H,8-11H2,1-5H3;5-6,11,13H,7-10,19H2,1-4H3,(H,20,22);2-3H,1H2. The quantitative estimate of drug-likeness (QED) is 0.0886. The average molecular weight is 747 g/mol. The van der Waals surface area contributed by atoms with Crippen LogP contribution in [0.15, 0.2) is 36.4 Å². The topological polar surface area (TPSA) is 217 Å². The Morgan fingerprint density at radius 3 is 1.40 bits per heavy atom. The van der Waals surface area contributed by atoms with Gasteiger partial charge in [-0.25, -0.2) is 26.1 Å². The Bertz CT molecular complexity index is 1400. The van der Waals surface area contributed by atoms with Crippen molar-refractivity contribution in [1.82, 2.24) is 20.8 Å². The number of hydrazine groups is 2. The van der Waals surface area contributed by atoms with Gasteiger partial charge >= 0.3 is 18.2 Å². The Kier molecular flexibility index (Phi) is 17.3. The highest BCUT2D eigenvalue weighted by Crippen LogP contribution is 2.25. The van der Waals surface area contributed by atoms with Crippen LogP contribution in [0.5, 0.6) is 11.5 Å². The monoisotopic (exact) mass is 746 g/mol. The smallest absolute Gasteiger partial charge is 0.410 e. The molecule has 2 saturated heterocycles. The number of nitrogen functional groups attached to an aromatic ring is 1. The van der Waals surface area contributed by atoms with E-state index in [1.807, 2.05) is 79.7 Å². The second kappa shape index (κ2) is 20.6. The second-order valence-electron chi connectivity index (χ2n) is 14.6. The van der Waals surface area contributed by atoms with Crippen molar-refractivity contribution in [2.45, 2.75) is 104 Å². The highest BCUT2D eigenvalue weighted by atomic mass is 16.6. The van der Waals surface area contributed by atoms with Gasteiger partial charge in [0.1, 0.15) is 34.9 Å². The lowest BCUT2D eigenvalue weighted by Crippen LogP contribution is -2.44. The summed E-state index contributed by atoms with van der Waals surface area (Å²) in [6.45, 7) is 17.2. The van der Waals surface area contributed by atoms with Gasteiger partial charge in [-0.05, 0) is 90.8 Å². The van der Waals surface area contributed by atoms with Gasteiger partial charge in [-0.3, -0.25) is 10.2 Å². The average Bonchev–Trinajstić information content (AvgIpc) is 3.09. The van der Waals surface area contributed by atoms with E-state index in [4.69, 9.17) is 34.7 Å². The summed E-state index contributed by atoms with van der Waals surface area (Å²) in [5.41, 5.74) is 5.08. The van der Waals surface area contributed by atoms with Crippen LogP contribution < -0.4 is 32.2 Å². The summed E-state index contributed by atoms with van der Waals surface area (Å²) in [6.07, 6.45) is 2.30. The van der Waals surface area contributed by atoms with Crippen molar-refractivity contribution in [3.63, 3.8) is 0 Å². The third kappa shape index (κ3) is 15.5. The molecule has 16 nitrogen and oxygen atoms in total. The molecule has 0 atom stereocenters. The lowest BCUT2D eigenvalue weighted by Gasteiger charge is -2.33. The summed E-state index contributed by atoms with van der Waals surface area (Å²) in [5, 5.41) is 7.10. The minimum absolute atomic E-state index is 0.00446. The molecule has 0 aliphatic carbocycles. The minimum Gasteiger partial charge on any atom is -0.490 e. The lowest BCUT2D eigenvalue weighted by atomic mass is 10.1. The number of hydrogen-bond donors (Lipinski definition) is 5. The molecule has 0 unspecified atom stereocenters. The molecule has 2 fully saturated rings. The summed E-state index contributed by atoms with van der Waals surface area (Å²) in [4.78, 5) is 51.1. The summed E-state index contributed by atoms with van der Waals surface area (Å²) in [7, 11) is 1.36. The second-order valence-corrected chi connectivity index (χ2v) is 14.6. The van der Waals surface area contributed by atoms with E-state index in [0.717, 1.165) is 24.0 Å². The molecule has 2 heterocycles. The number of piperidine rings is 2. The maximum absolute atomic E-state index is 12.1. The number of hydrogen-bond acceptors (Lipinski definition) is 13. The van der Waals surface area contributed by atoms with Crippen LogP contribution in [0, 0.1) is 13.8 Å². The van der Waals surface area contributed by atoms with Crippen LogP contribution in [-0.4, -0.2) is 95.8 Å². The van der Waals surface area contributed by atoms with Crippen molar-refractivity contribution in [1.29, 1.82) is 0 Å². The Morgan fingerprint density at radius 2 is 1.06 bits per heavy atom. The number of methoxy groups -OCH3 is 1. The number of ether oxygens (including phenoxy) is 5. The first-order valence-corrected chi connectivity index (χ1v) is 17.5. The zero-order chi connectivity index (χ0) is 39.9. The summed E-state index contributed by atoms with van der Waals surface area (Å²) in [5.74, 6) is 9.91. The number of carbonyl (C=O) groups is 4. The van der Waals surface area contributed by atoms with E-state index in [0.29, 0.717) is 61.6 Å². The predicted octanol–water partition coefficient (Wildman–Crippen LogP) is 4.78. The Hall–Kier alpha value is -4.64. The largest absolute Gasteiger partial charge is 0.490 e. The van der Waals surface area contributed by atoms with Gasteiger partial charge in [0.25, 0.3) is 5.91 Å². The molecule has 2 aromatic rings. The SMILES string of the molecule is COC(=O)c1cc(OC2CCN(C(=O)OC(C)(C)C)CC2)ccc1C.Cc1ccc(OC2CCN(C(=O)OC(C)(C)C)CC2)cc1C(=O)NN.NNO. The summed E-state index contributed by atoms with van der Waals surface area (Å²) in [6, 6.07) is 10.8. The molecular weight excluding hydrogens is 688 g/mol. The van der Waals surface area contributed by atoms with Crippen LogP contribution in [0.3, 0.4) is 0 Å². The predicted molar refractivity (Wildman–Crippen MR) is 197 cm³/mol. The number of nitrogens with zero attached hydrogens (tertiary/aromatic N) is 2. The molecule has 2 aliphatic rings. The lowest BCUT2D eigenvalue weighted by molar-refractivity contribution is 0.0115. The van der Waals surface area contributed by atoms with E-state index >= 15 is 0 Å². The Labute approximate surface area is 312 Å². The normalized spacial score (nSPS) is 15.1. The highest BCUT2D eigenvalue weighted by Gasteiger charge is 2.29. The molecule has 296 valence electrons. The van der Waals surface area contributed by atoms with Crippen LogP contribution >= 0.6 is 0 Å². The van der Waals surface area contributed by atoms with Gasteiger partial charge in [-0.2, -0.15) is 0 Å². The molecule has 0 saturated carbocycles. The van der Waals surface area contributed by atoms with Crippen LogP contribution in [0.25, 0.3) is 0 Å². The molecule has 0 spiro atoms. The van der Waals surface area contributed by atoms with Crippen molar-refractivity contribution in [3.05, 3.63) is 58.7 Å². The number of aryl methyl sites for hydroxylation is 2. The first-order chi connectivity index (χ1) is 24.8. The fourth-order valence-electron chi connectivity index (χ4n) is 5.35. The van der Waals surface area contributed by atoms with Crippen LogP contribution in [0.4, 0.5) is 9.59 Å². The van der Waals surface area contributed by atoms with E-state index in [1.165, 1.54) is 12.7 Å². The highest BCUT2D eigenvalue weighted by molar-refractivity contribution is 5.95. The molecule has 53 heavy (non-hydrogen) atoms. The molecular formula is C37H58N6O10. The van der Waals surface area contributed by atoms with Crippen molar-refractivity contribution < 1.29 is 48.1 Å². The van der Waals surface area contributed by atoms with E-state index in [2.05, 4.69) is 11.3 Å². The van der Waals surface area contributed by atoms with Crippen molar-refractivity contribution >= 4 is 24.1 Å². The number of benzene rings is 2. The summed E-state index contributed by atoms with van der Waals surface area (Å²) >= 11 is 0. The van der Waals surface area contributed by atoms with Gasteiger partial charge in [-0.1, -0.05) is 12.1 Å². The van der Waals surface area contributed by atoms with Crippen LogP contribution in [0.1, 0.15) is 99.1 Å². The fraction of sp³-hybridized carbons (Fsp3) is 0.568. The van der Waals surface area contributed by atoms with E-state index in [9.17, 15) is 19.2 Å². The Balaban J connectivity index is 0.000000341. The van der Waals surface area contributed by atoms with Crippen molar-refractivity contribution in [2.75, 3.05) is 33.3 Å². The minimum atomic E-state index is -0.494. The molecule has 2 aliphatic heterocycles. The van der Waals surface area contributed by atoms with E-state index < -0.39 is 11.2 Å². The van der Waals surface area contributed by atoms with E-state index in [-0.39, 0.29) is 36.3 Å². The number of esters is 1. The molecule has 7 N–H and O–H groups in total. The first-order valence-electron chi connectivity index (χ1n) is 17.5. The van der Waals surface area contributed by atoms with Gasteiger partial charge in [0.2, 0.25) is 0 Å². The van der Waals surface area contributed by atoms with Crippen molar-refractivity contribution in [3.8, 4) is 11.5 Å². The molecule has 0 aromatic heterocycles. The third-order valence-corrected chi connectivity index (χ3v) is 7.99. The molecule has 16 heteroatoms. The Morgan fingerprint density at radius 1 is 0.698 bits per heavy atom. The molecule has 0 radical (unpaired) electrons. The number of rotatable bonds is 6. The first kappa shape index (κ1) is 44.5. The van der Waals surface area contributed by atoms with Crippen LogP contribution in [-0.2, 0) is 14.2 Å². The zero-order valence-electron chi connectivity index (χ0n) is 32.4. The summed E-state index contributed by atoms with van der Waals surface area (Å²) < 4.78 is 27.5. The number of amides is 3. The number of carbonyl (C=O) groups excluding carboxylic acids is 4. The van der Waals surface area contributed by atoms with Gasteiger partial charge < -0.3 is 38.7 Å². The zero-order valence-corrected chi connectivity index (χ0v) is 32.4. The maximum atomic E-state index is 12.1. The fourth-order valence-corrected chi connectivity index (χ4v) is 5.35. The molecule has 4 rings (SSSR count). The van der Waals surface area contributed by atoms with Crippen molar-refractivity contribution in [2.24, 2.45) is 11.7 Å². The third-order valence-electron chi connectivity index (χ3n) is 7.99. The van der Waals surface area contributed by atoms with Gasteiger partial charge in [0.05, 0.1) is 12.7 Å². The van der Waals surface area contributed by atoms with Gasteiger partial charge in [0.15, 0.2) is 0 Å².